The maximum atomic E-state index is 5.23. The molecule has 11 aromatic rings. The number of hydrogen-bond donors (Lipinski definition) is 0. The van der Waals surface area contributed by atoms with Crippen LogP contribution < -0.4 is 0 Å². The average Bonchev–Trinajstić information content (AvgIpc) is 3.88. The number of imidazole rings is 1. The molecule has 0 bridgehead atoms. The van der Waals surface area contributed by atoms with Crippen molar-refractivity contribution in [2.45, 2.75) is 5.41 Å². The van der Waals surface area contributed by atoms with E-state index >= 15 is 0 Å². The van der Waals surface area contributed by atoms with Gasteiger partial charge in [0.05, 0.1) is 38.7 Å². The first-order valence-electron chi connectivity index (χ1n) is 18.4. The van der Waals surface area contributed by atoms with Crippen LogP contribution in [0.2, 0.25) is 0 Å². The summed E-state index contributed by atoms with van der Waals surface area (Å²) in [5.41, 5.74) is 18.0. The van der Waals surface area contributed by atoms with Crippen molar-refractivity contribution < 1.29 is 0 Å². The Bertz CT molecular complexity index is 3420. The fourth-order valence-corrected chi connectivity index (χ4v) is 10.2. The third-order valence-corrected chi connectivity index (χ3v) is 12.3. The van der Waals surface area contributed by atoms with E-state index in [1.165, 1.54) is 88.3 Å². The molecule has 8 aromatic carbocycles. The van der Waals surface area contributed by atoms with Gasteiger partial charge < -0.3 is 4.57 Å². The highest BCUT2D eigenvalue weighted by molar-refractivity contribution is 6.15. The Labute approximate surface area is 304 Å². The number of rotatable bonds is 1. The monoisotopic (exact) mass is 671 g/mol. The standard InChI is InChI=1S/C50H29N3/c1-4-16-39-33(12-1)34-27-25-31(30-24-26-32-35-13-2-8-21-45(35)53-47-23-10-6-19-43(47)51-49(53)38(32)28-30)29-42(34)50(39)40-17-5-9-22-46(40)52-44-20-7-3-14-36(44)37-15-11-18-41(50)48(37)52/h1-29H. The van der Waals surface area contributed by atoms with Gasteiger partial charge >= 0.3 is 0 Å². The first-order valence-corrected chi connectivity index (χ1v) is 18.4. The Kier molecular flexibility index (Phi) is 5.06. The van der Waals surface area contributed by atoms with Gasteiger partial charge in [0.25, 0.3) is 0 Å². The fourth-order valence-electron chi connectivity index (χ4n) is 10.2. The molecule has 1 unspecified atom stereocenters. The van der Waals surface area contributed by atoms with Gasteiger partial charge in [-0.15, -0.1) is 0 Å². The predicted octanol–water partition coefficient (Wildman–Crippen LogP) is 12.2. The molecule has 1 aliphatic heterocycles. The van der Waals surface area contributed by atoms with E-state index in [-0.39, 0.29) is 0 Å². The van der Waals surface area contributed by atoms with E-state index in [9.17, 15) is 0 Å². The van der Waals surface area contributed by atoms with Crippen LogP contribution in [0.15, 0.2) is 176 Å². The van der Waals surface area contributed by atoms with Gasteiger partial charge in [0.2, 0.25) is 0 Å². The van der Waals surface area contributed by atoms with Crippen LogP contribution in [-0.2, 0) is 5.41 Å². The molecule has 3 heteroatoms. The number of hydrogen-bond acceptors (Lipinski definition) is 1. The molecular formula is C50H29N3. The van der Waals surface area contributed by atoms with Gasteiger partial charge in [0.1, 0.15) is 5.65 Å². The largest absolute Gasteiger partial charge is 0.309 e. The molecule has 244 valence electrons. The second kappa shape index (κ2) is 9.67. The molecule has 1 aliphatic carbocycles. The minimum atomic E-state index is -0.483. The Morgan fingerprint density at radius 1 is 0.396 bits per heavy atom. The summed E-state index contributed by atoms with van der Waals surface area (Å²) >= 11 is 0. The van der Waals surface area contributed by atoms with Gasteiger partial charge in [0.15, 0.2) is 0 Å². The number of para-hydroxylation sites is 6. The lowest BCUT2D eigenvalue weighted by atomic mass is 9.65. The van der Waals surface area contributed by atoms with E-state index in [0.717, 1.165) is 22.1 Å². The highest BCUT2D eigenvalue weighted by atomic mass is 15.0. The summed E-state index contributed by atoms with van der Waals surface area (Å²) in [4.78, 5) is 5.23. The smallest absolute Gasteiger partial charge is 0.146 e. The number of pyridine rings is 1. The Morgan fingerprint density at radius 2 is 1.04 bits per heavy atom. The molecule has 4 heterocycles. The molecule has 3 nitrogen and oxygen atoms in total. The van der Waals surface area contributed by atoms with Crippen molar-refractivity contribution in [1.82, 2.24) is 14.0 Å². The molecule has 3 aromatic heterocycles. The topological polar surface area (TPSA) is 22.2 Å². The van der Waals surface area contributed by atoms with Gasteiger partial charge in [0, 0.05) is 21.5 Å². The van der Waals surface area contributed by atoms with Crippen LogP contribution in [0.3, 0.4) is 0 Å². The molecule has 53 heavy (non-hydrogen) atoms. The third-order valence-electron chi connectivity index (χ3n) is 12.3. The summed E-state index contributed by atoms with van der Waals surface area (Å²) in [7, 11) is 0. The van der Waals surface area contributed by atoms with E-state index in [1.54, 1.807) is 0 Å². The van der Waals surface area contributed by atoms with E-state index < -0.39 is 5.41 Å². The quantitative estimate of drug-likeness (QED) is 0.159. The van der Waals surface area contributed by atoms with Crippen molar-refractivity contribution >= 4 is 60.2 Å². The number of benzene rings is 8. The average molecular weight is 672 g/mol. The summed E-state index contributed by atoms with van der Waals surface area (Å²) in [6.45, 7) is 0. The van der Waals surface area contributed by atoms with Crippen molar-refractivity contribution in [2.24, 2.45) is 0 Å². The predicted molar refractivity (Wildman–Crippen MR) is 218 cm³/mol. The lowest BCUT2D eigenvalue weighted by Gasteiger charge is -2.39. The summed E-state index contributed by atoms with van der Waals surface area (Å²) in [5.74, 6) is 0. The maximum absolute atomic E-state index is 5.23. The number of fused-ring (bicyclic) bond motifs is 20. The Morgan fingerprint density at radius 3 is 1.94 bits per heavy atom. The van der Waals surface area contributed by atoms with E-state index in [0.29, 0.717) is 0 Å². The van der Waals surface area contributed by atoms with Gasteiger partial charge in [-0.1, -0.05) is 133 Å². The zero-order valence-corrected chi connectivity index (χ0v) is 28.6. The van der Waals surface area contributed by atoms with Crippen LogP contribution in [-0.4, -0.2) is 14.0 Å². The lowest BCUT2D eigenvalue weighted by molar-refractivity contribution is 0.749. The first-order chi connectivity index (χ1) is 26.3. The summed E-state index contributed by atoms with van der Waals surface area (Å²) < 4.78 is 4.85. The molecule has 0 amide bonds. The fraction of sp³-hybridized carbons (Fsp3) is 0.0200. The van der Waals surface area contributed by atoms with Crippen molar-refractivity contribution in [3.8, 4) is 27.9 Å². The van der Waals surface area contributed by atoms with E-state index in [4.69, 9.17) is 4.98 Å². The molecule has 1 atom stereocenters. The molecule has 0 saturated carbocycles. The van der Waals surface area contributed by atoms with Crippen LogP contribution >= 0.6 is 0 Å². The van der Waals surface area contributed by atoms with Gasteiger partial charge in [-0.25, -0.2) is 4.98 Å². The van der Waals surface area contributed by atoms with Crippen LogP contribution in [0.1, 0.15) is 22.3 Å². The van der Waals surface area contributed by atoms with Crippen LogP contribution in [0.25, 0.3) is 88.1 Å². The highest BCUT2D eigenvalue weighted by Crippen LogP contribution is 2.61. The summed E-state index contributed by atoms with van der Waals surface area (Å²) in [5, 5.41) is 6.20. The molecular weight excluding hydrogens is 643 g/mol. The van der Waals surface area contributed by atoms with Crippen molar-refractivity contribution in [3.05, 3.63) is 198 Å². The Hall–Kier alpha value is -6.97. The van der Waals surface area contributed by atoms with E-state index in [1.807, 2.05) is 0 Å². The zero-order valence-electron chi connectivity index (χ0n) is 28.6. The molecule has 13 rings (SSSR count). The lowest BCUT2D eigenvalue weighted by Crippen LogP contribution is -2.33. The van der Waals surface area contributed by atoms with E-state index in [2.05, 4.69) is 185 Å². The highest BCUT2D eigenvalue weighted by Gasteiger charge is 2.50. The summed E-state index contributed by atoms with van der Waals surface area (Å²) in [6.07, 6.45) is 0. The van der Waals surface area contributed by atoms with Crippen molar-refractivity contribution in [2.75, 3.05) is 0 Å². The molecule has 1 spiro atoms. The third kappa shape index (κ3) is 3.26. The second-order valence-electron chi connectivity index (χ2n) is 14.7. The van der Waals surface area contributed by atoms with Gasteiger partial charge in [-0.3, -0.25) is 4.40 Å². The molecule has 2 aliphatic rings. The first kappa shape index (κ1) is 27.7. The molecule has 0 radical (unpaired) electrons. The number of aromatic nitrogens is 3. The van der Waals surface area contributed by atoms with Crippen molar-refractivity contribution in [3.63, 3.8) is 0 Å². The second-order valence-corrected chi connectivity index (χ2v) is 14.7. The number of nitrogens with zero attached hydrogens (tertiary/aromatic N) is 3. The normalized spacial score (nSPS) is 15.6. The van der Waals surface area contributed by atoms with Crippen LogP contribution in [0.5, 0.6) is 0 Å². The molecule has 0 saturated heterocycles. The minimum Gasteiger partial charge on any atom is -0.309 e. The maximum Gasteiger partial charge on any atom is 0.146 e. The molecule has 0 N–H and O–H groups in total. The zero-order chi connectivity index (χ0) is 34.4. The van der Waals surface area contributed by atoms with Crippen LogP contribution in [0, 0.1) is 0 Å². The SMILES string of the molecule is c1ccc2c(c1)-c1ccc(-c3ccc4c5ccccc5n5c6ccccc6nc5c4c3)cc1C21c2ccccc2-n2c3ccccc3c3cccc1c32. The van der Waals surface area contributed by atoms with Gasteiger partial charge in [-0.05, 0) is 92.4 Å². The minimum absolute atomic E-state index is 0.483. The Balaban J connectivity index is 1.13. The molecule has 0 fully saturated rings. The van der Waals surface area contributed by atoms with Crippen molar-refractivity contribution in [1.29, 1.82) is 0 Å². The summed E-state index contributed by atoms with van der Waals surface area (Å²) in [6, 6.07) is 65.3. The van der Waals surface area contributed by atoms with Crippen LogP contribution in [0.4, 0.5) is 0 Å². The van der Waals surface area contributed by atoms with Gasteiger partial charge in [-0.2, -0.15) is 0 Å².